The average molecular weight is 264 g/mol. The van der Waals surface area contributed by atoms with Crippen LogP contribution < -0.4 is 10.6 Å². The van der Waals surface area contributed by atoms with E-state index in [1.165, 1.54) is 5.56 Å². The summed E-state index contributed by atoms with van der Waals surface area (Å²) in [6, 6.07) is 7.92. The summed E-state index contributed by atoms with van der Waals surface area (Å²) in [6.07, 6.45) is 1.34. The van der Waals surface area contributed by atoms with Crippen LogP contribution in [-0.2, 0) is 16.1 Å². The Morgan fingerprint density at radius 1 is 1.32 bits per heavy atom. The van der Waals surface area contributed by atoms with Gasteiger partial charge < -0.3 is 15.4 Å². The molecular weight excluding hydrogens is 240 g/mol. The third-order valence-corrected chi connectivity index (χ3v) is 3.00. The molecule has 0 fully saturated rings. The SMILES string of the molecule is CCNCc1ccc(NC(=O)CCC(C)OC)cc1. The number of ether oxygens (including phenoxy) is 1. The van der Waals surface area contributed by atoms with Gasteiger partial charge in [-0.1, -0.05) is 19.1 Å². The van der Waals surface area contributed by atoms with Crippen molar-refractivity contribution >= 4 is 11.6 Å². The second-order valence-electron chi connectivity index (χ2n) is 4.61. The zero-order valence-electron chi connectivity index (χ0n) is 12.0. The molecule has 0 aliphatic heterocycles. The van der Waals surface area contributed by atoms with Crippen LogP contribution >= 0.6 is 0 Å². The molecule has 0 aromatic heterocycles. The van der Waals surface area contributed by atoms with Crippen molar-refractivity contribution in [1.82, 2.24) is 5.32 Å². The highest BCUT2D eigenvalue weighted by molar-refractivity contribution is 5.90. The van der Waals surface area contributed by atoms with Gasteiger partial charge in [0.1, 0.15) is 0 Å². The number of hydrogen-bond donors (Lipinski definition) is 2. The van der Waals surface area contributed by atoms with Gasteiger partial charge in [0, 0.05) is 25.8 Å². The number of carbonyl (C=O) groups excluding carboxylic acids is 1. The van der Waals surface area contributed by atoms with E-state index < -0.39 is 0 Å². The topological polar surface area (TPSA) is 50.4 Å². The summed E-state index contributed by atoms with van der Waals surface area (Å²) in [6.45, 7) is 5.85. The first-order valence-corrected chi connectivity index (χ1v) is 6.78. The maximum Gasteiger partial charge on any atom is 0.224 e. The standard InChI is InChI=1S/C15H24N2O2/c1-4-16-11-13-6-8-14(9-7-13)17-15(18)10-5-12(2)19-3/h6-9,12,16H,4-5,10-11H2,1-3H3,(H,17,18). The third kappa shape index (κ3) is 6.36. The van der Waals surface area contributed by atoms with Crippen molar-refractivity contribution in [2.45, 2.75) is 39.3 Å². The maximum absolute atomic E-state index is 11.7. The Kier molecular flexibility index (Phi) is 7.15. The van der Waals surface area contributed by atoms with Crippen LogP contribution in [0.3, 0.4) is 0 Å². The predicted octanol–water partition coefficient (Wildman–Crippen LogP) is 2.55. The molecule has 0 aliphatic carbocycles. The molecule has 1 aromatic rings. The molecule has 1 atom stereocenters. The molecule has 1 rings (SSSR count). The number of rotatable bonds is 8. The minimum atomic E-state index is 0.0309. The number of methoxy groups -OCH3 is 1. The second kappa shape index (κ2) is 8.67. The lowest BCUT2D eigenvalue weighted by Crippen LogP contribution is -2.15. The summed E-state index contributed by atoms with van der Waals surface area (Å²) in [5.41, 5.74) is 2.06. The molecule has 4 heteroatoms. The summed E-state index contributed by atoms with van der Waals surface area (Å²) in [5, 5.41) is 6.15. The first-order chi connectivity index (χ1) is 9.15. The lowest BCUT2D eigenvalue weighted by atomic mass is 10.2. The highest BCUT2D eigenvalue weighted by Crippen LogP contribution is 2.10. The molecule has 1 amide bonds. The van der Waals surface area contributed by atoms with Crippen LogP contribution in [0.5, 0.6) is 0 Å². The summed E-state index contributed by atoms with van der Waals surface area (Å²) in [7, 11) is 1.66. The average Bonchev–Trinajstić information content (AvgIpc) is 2.44. The molecule has 0 spiro atoms. The van der Waals surface area contributed by atoms with E-state index >= 15 is 0 Å². The fourth-order valence-electron chi connectivity index (χ4n) is 1.65. The molecular formula is C15H24N2O2. The fraction of sp³-hybridized carbons (Fsp3) is 0.533. The molecule has 106 valence electrons. The lowest BCUT2D eigenvalue weighted by Gasteiger charge is -2.10. The van der Waals surface area contributed by atoms with Gasteiger partial charge in [-0.25, -0.2) is 0 Å². The smallest absolute Gasteiger partial charge is 0.224 e. The second-order valence-corrected chi connectivity index (χ2v) is 4.61. The molecule has 19 heavy (non-hydrogen) atoms. The number of nitrogens with one attached hydrogen (secondary N) is 2. The summed E-state index contributed by atoms with van der Waals surface area (Å²) in [5.74, 6) is 0.0309. The minimum Gasteiger partial charge on any atom is -0.382 e. The number of amides is 1. The van der Waals surface area contributed by atoms with E-state index in [-0.39, 0.29) is 12.0 Å². The van der Waals surface area contributed by atoms with Crippen LogP contribution in [0.25, 0.3) is 0 Å². The van der Waals surface area contributed by atoms with E-state index in [0.29, 0.717) is 6.42 Å². The van der Waals surface area contributed by atoms with Crippen molar-refractivity contribution in [3.8, 4) is 0 Å². The van der Waals surface area contributed by atoms with Gasteiger partial charge in [-0.3, -0.25) is 4.79 Å². The van der Waals surface area contributed by atoms with Crippen LogP contribution in [0, 0.1) is 0 Å². The van der Waals surface area contributed by atoms with Crippen LogP contribution in [0.4, 0.5) is 5.69 Å². The van der Waals surface area contributed by atoms with Gasteiger partial charge in [-0.15, -0.1) is 0 Å². The molecule has 2 N–H and O–H groups in total. The number of benzene rings is 1. The van der Waals surface area contributed by atoms with E-state index in [0.717, 1.165) is 25.2 Å². The molecule has 0 heterocycles. The van der Waals surface area contributed by atoms with Gasteiger partial charge in [0.05, 0.1) is 6.10 Å². The minimum absolute atomic E-state index is 0.0309. The van der Waals surface area contributed by atoms with Crippen LogP contribution in [0.15, 0.2) is 24.3 Å². The van der Waals surface area contributed by atoms with Crippen LogP contribution in [0.1, 0.15) is 32.3 Å². The largest absolute Gasteiger partial charge is 0.382 e. The third-order valence-electron chi connectivity index (χ3n) is 3.00. The van der Waals surface area contributed by atoms with Crippen molar-refractivity contribution in [2.24, 2.45) is 0 Å². The monoisotopic (exact) mass is 264 g/mol. The van der Waals surface area contributed by atoms with Gasteiger partial charge in [-0.2, -0.15) is 0 Å². The summed E-state index contributed by atoms with van der Waals surface area (Å²) in [4.78, 5) is 11.7. The molecule has 1 aromatic carbocycles. The van der Waals surface area contributed by atoms with E-state index in [1.807, 2.05) is 31.2 Å². The quantitative estimate of drug-likeness (QED) is 0.758. The summed E-state index contributed by atoms with van der Waals surface area (Å²) < 4.78 is 5.12. The Bertz CT molecular complexity index is 376. The summed E-state index contributed by atoms with van der Waals surface area (Å²) >= 11 is 0. The zero-order chi connectivity index (χ0) is 14.1. The molecule has 4 nitrogen and oxygen atoms in total. The number of anilines is 1. The van der Waals surface area contributed by atoms with Gasteiger partial charge >= 0.3 is 0 Å². The lowest BCUT2D eigenvalue weighted by molar-refractivity contribution is -0.116. The van der Waals surface area contributed by atoms with E-state index in [1.54, 1.807) is 7.11 Å². The number of carbonyl (C=O) groups is 1. The highest BCUT2D eigenvalue weighted by Gasteiger charge is 2.06. The Balaban J connectivity index is 2.37. The number of hydrogen-bond acceptors (Lipinski definition) is 3. The Hall–Kier alpha value is -1.39. The first kappa shape index (κ1) is 15.7. The Labute approximate surface area is 115 Å². The van der Waals surface area contributed by atoms with Crippen molar-refractivity contribution in [2.75, 3.05) is 19.0 Å². The molecule has 0 aliphatic rings. The van der Waals surface area contributed by atoms with Crippen molar-refractivity contribution in [3.63, 3.8) is 0 Å². The van der Waals surface area contributed by atoms with E-state index in [4.69, 9.17) is 4.74 Å². The molecule has 0 saturated carbocycles. The van der Waals surface area contributed by atoms with Gasteiger partial charge in [0.2, 0.25) is 5.91 Å². The molecule has 0 saturated heterocycles. The predicted molar refractivity (Wildman–Crippen MR) is 78.2 cm³/mol. The van der Waals surface area contributed by atoms with E-state index in [2.05, 4.69) is 17.6 Å². The van der Waals surface area contributed by atoms with Crippen molar-refractivity contribution in [1.29, 1.82) is 0 Å². The van der Waals surface area contributed by atoms with Gasteiger partial charge in [0.15, 0.2) is 0 Å². The fourth-order valence-corrected chi connectivity index (χ4v) is 1.65. The normalized spacial score (nSPS) is 12.2. The van der Waals surface area contributed by atoms with Crippen LogP contribution in [-0.4, -0.2) is 25.7 Å². The maximum atomic E-state index is 11.7. The van der Waals surface area contributed by atoms with Gasteiger partial charge in [0.25, 0.3) is 0 Å². The van der Waals surface area contributed by atoms with E-state index in [9.17, 15) is 4.79 Å². The Morgan fingerprint density at radius 2 is 2.00 bits per heavy atom. The molecule has 0 bridgehead atoms. The first-order valence-electron chi connectivity index (χ1n) is 6.78. The van der Waals surface area contributed by atoms with Gasteiger partial charge in [-0.05, 0) is 37.6 Å². The van der Waals surface area contributed by atoms with Crippen molar-refractivity contribution in [3.05, 3.63) is 29.8 Å². The highest BCUT2D eigenvalue weighted by atomic mass is 16.5. The molecule has 1 unspecified atom stereocenters. The Morgan fingerprint density at radius 3 is 2.58 bits per heavy atom. The molecule has 0 radical (unpaired) electrons. The van der Waals surface area contributed by atoms with Crippen molar-refractivity contribution < 1.29 is 9.53 Å². The zero-order valence-corrected chi connectivity index (χ0v) is 12.0. The van der Waals surface area contributed by atoms with Crippen LogP contribution in [0.2, 0.25) is 0 Å².